The number of carbonyl (C=O) groups excluding carboxylic acids is 1. The Bertz CT molecular complexity index is 297. The smallest absolute Gasteiger partial charge is 0.224 e. The number of hydrogen-bond acceptors (Lipinski definition) is 1. The van der Waals surface area contributed by atoms with Gasteiger partial charge in [-0.25, -0.2) is 0 Å². The Hall–Kier alpha value is -0.970. The zero-order chi connectivity index (χ0) is 14.1. The maximum atomic E-state index is 12.2. The number of rotatable bonds is 7. The van der Waals surface area contributed by atoms with Crippen molar-refractivity contribution < 1.29 is 4.79 Å². The third kappa shape index (κ3) is 5.68. The number of amides is 1. The minimum atomic E-state index is -0.0738. The van der Waals surface area contributed by atoms with Gasteiger partial charge >= 0.3 is 0 Å². The van der Waals surface area contributed by atoms with Crippen LogP contribution in [-0.2, 0) is 4.79 Å². The first-order chi connectivity index (χ1) is 9.21. The van der Waals surface area contributed by atoms with E-state index in [2.05, 4.69) is 25.1 Å². The SMILES string of the molecule is C#CC(CCC)NC(=O)C1CCC(CCCC)CC1. The fraction of sp³-hybridized carbons (Fsp3) is 0.824. The number of terminal acetylenes is 1. The van der Waals surface area contributed by atoms with Crippen molar-refractivity contribution in [2.45, 2.75) is 77.7 Å². The summed E-state index contributed by atoms with van der Waals surface area (Å²) in [6.45, 7) is 4.34. The summed E-state index contributed by atoms with van der Waals surface area (Å²) in [6.07, 6.45) is 15.8. The highest BCUT2D eigenvalue weighted by atomic mass is 16.1. The van der Waals surface area contributed by atoms with E-state index in [-0.39, 0.29) is 17.9 Å². The van der Waals surface area contributed by atoms with Crippen LogP contribution in [0.4, 0.5) is 0 Å². The zero-order valence-corrected chi connectivity index (χ0v) is 12.6. The molecular formula is C17H29NO. The van der Waals surface area contributed by atoms with Crippen molar-refractivity contribution in [3.05, 3.63) is 0 Å². The molecule has 1 amide bonds. The van der Waals surface area contributed by atoms with Crippen LogP contribution in [0.25, 0.3) is 0 Å². The second-order valence-electron chi connectivity index (χ2n) is 5.88. The molecule has 2 nitrogen and oxygen atoms in total. The van der Waals surface area contributed by atoms with Crippen LogP contribution in [0.5, 0.6) is 0 Å². The lowest BCUT2D eigenvalue weighted by molar-refractivity contribution is -0.126. The Morgan fingerprint density at radius 2 is 1.95 bits per heavy atom. The molecule has 0 saturated heterocycles. The van der Waals surface area contributed by atoms with E-state index in [1.54, 1.807) is 0 Å². The molecule has 1 saturated carbocycles. The second-order valence-corrected chi connectivity index (χ2v) is 5.88. The van der Waals surface area contributed by atoms with Gasteiger partial charge in [-0.3, -0.25) is 4.79 Å². The van der Waals surface area contributed by atoms with Gasteiger partial charge in [0.2, 0.25) is 5.91 Å². The van der Waals surface area contributed by atoms with Gasteiger partial charge in [0.05, 0.1) is 6.04 Å². The average molecular weight is 263 g/mol. The van der Waals surface area contributed by atoms with Gasteiger partial charge in [-0.05, 0) is 38.0 Å². The molecule has 0 aliphatic heterocycles. The minimum Gasteiger partial charge on any atom is -0.342 e. The van der Waals surface area contributed by atoms with Crippen molar-refractivity contribution in [1.29, 1.82) is 0 Å². The van der Waals surface area contributed by atoms with Crippen molar-refractivity contribution in [3.63, 3.8) is 0 Å². The summed E-state index contributed by atoms with van der Waals surface area (Å²) in [5, 5.41) is 3.02. The molecule has 108 valence electrons. The molecule has 0 aromatic heterocycles. The summed E-state index contributed by atoms with van der Waals surface area (Å²) in [5.41, 5.74) is 0. The lowest BCUT2D eigenvalue weighted by atomic mass is 9.79. The number of hydrogen-bond donors (Lipinski definition) is 1. The van der Waals surface area contributed by atoms with Gasteiger partial charge in [0.25, 0.3) is 0 Å². The number of nitrogens with one attached hydrogen (secondary N) is 1. The summed E-state index contributed by atoms with van der Waals surface area (Å²) in [7, 11) is 0. The van der Waals surface area contributed by atoms with Crippen LogP contribution in [0.3, 0.4) is 0 Å². The second kappa shape index (κ2) is 9.02. The third-order valence-corrected chi connectivity index (χ3v) is 4.28. The lowest BCUT2D eigenvalue weighted by Crippen LogP contribution is -2.39. The predicted octanol–water partition coefficient (Wildman–Crippen LogP) is 3.90. The molecule has 0 aromatic carbocycles. The highest BCUT2D eigenvalue weighted by Crippen LogP contribution is 2.32. The number of carbonyl (C=O) groups is 1. The van der Waals surface area contributed by atoms with Crippen molar-refractivity contribution in [3.8, 4) is 12.3 Å². The zero-order valence-electron chi connectivity index (χ0n) is 12.6. The van der Waals surface area contributed by atoms with E-state index >= 15 is 0 Å². The molecule has 0 heterocycles. The molecule has 1 aliphatic carbocycles. The van der Waals surface area contributed by atoms with Crippen molar-refractivity contribution >= 4 is 5.91 Å². The van der Waals surface area contributed by atoms with Crippen LogP contribution in [0.2, 0.25) is 0 Å². The van der Waals surface area contributed by atoms with Crippen LogP contribution in [0.15, 0.2) is 0 Å². The van der Waals surface area contributed by atoms with Crippen molar-refractivity contribution in [2.75, 3.05) is 0 Å². The molecule has 1 N–H and O–H groups in total. The van der Waals surface area contributed by atoms with Crippen LogP contribution in [-0.4, -0.2) is 11.9 Å². The van der Waals surface area contributed by atoms with Gasteiger partial charge < -0.3 is 5.32 Å². The highest BCUT2D eigenvalue weighted by molar-refractivity contribution is 5.79. The Kier molecular flexibility index (Phi) is 7.63. The third-order valence-electron chi connectivity index (χ3n) is 4.28. The Morgan fingerprint density at radius 1 is 1.26 bits per heavy atom. The molecule has 2 heteroatoms. The van der Waals surface area contributed by atoms with Gasteiger partial charge in [0.15, 0.2) is 0 Å². The first-order valence-electron chi connectivity index (χ1n) is 7.97. The van der Waals surface area contributed by atoms with E-state index < -0.39 is 0 Å². The molecule has 0 bridgehead atoms. The first-order valence-corrected chi connectivity index (χ1v) is 7.97. The lowest BCUT2D eigenvalue weighted by Gasteiger charge is -2.28. The molecule has 1 fully saturated rings. The molecular weight excluding hydrogens is 234 g/mol. The summed E-state index contributed by atoms with van der Waals surface area (Å²) in [4.78, 5) is 12.2. The maximum Gasteiger partial charge on any atom is 0.224 e. The predicted molar refractivity (Wildman–Crippen MR) is 80.6 cm³/mol. The van der Waals surface area contributed by atoms with E-state index in [0.717, 1.165) is 31.6 Å². The fourth-order valence-electron chi connectivity index (χ4n) is 2.98. The average Bonchev–Trinajstić information content (AvgIpc) is 2.45. The van der Waals surface area contributed by atoms with E-state index in [9.17, 15) is 4.79 Å². The molecule has 0 radical (unpaired) electrons. The molecule has 1 rings (SSSR count). The molecule has 1 unspecified atom stereocenters. The van der Waals surface area contributed by atoms with Crippen LogP contribution >= 0.6 is 0 Å². The van der Waals surface area contributed by atoms with E-state index in [4.69, 9.17) is 6.42 Å². The summed E-state index contributed by atoms with van der Waals surface area (Å²) >= 11 is 0. The number of unbranched alkanes of at least 4 members (excludes halogenated alkanes) is 1. The summed E-state index contributed by atoms with van der Waals surface area (Å²) in [6, 6.07) is -0.0738. The highest BCUT2D eigenvalue weighted by Gasteiger charge is 2.26. The molecule has 1 aliphatic rings. The van der Waals surface area contributed by atoms with E-state index in [0.29, 0.717) is 0 Å². The quantitative estimate of drug-likeness (QED) is 0.693. The normalized spacial score (nSPS) is 24.5. The van der Waals surface area contributed by atoms with Crippen LogP contribution < -0.4 is 5.32 Å². The van der Waals surface area contributed by atoms with Crippen LogP contribution in [0, 0.1) is 24.2 Å². The van der Waals surface area contributed by atoms with Gasteiger partial charge in [-0.2, -0.15) is 0 Å². The first kappa shape index (κ1) is 16.1. The monoisotopic (exact) mass is 263 g/mol. The largest absolute Gasteiger partial charge is 0.342 e. The minimum absolute atomic E-state index is 0.0738. The van der Waals surface area contributed by atoms with Gasteiger partial charge in [0, 0.05) is 5.92 Å². The Morgan fingerprint density at radius 3 is 2.47 bits per heavy atom. The molecule has 19 heavy (non-hydrogen) atoms. The standard InChI is InChI=1S/C17H29NO/c1-4-7-9-14-10-12-15(13-11-14)17(19)18-16(6-3)8-5-2/h3,14-16H,4-5,7-13H2,1-2H3,(H,18,19). The van der Waals surface area contributed by atoms with Gasteiger partial charge in [-0.1, -0.05) is 45.5 Å². The van der Waals surface area contributed by atoms with E-state index in [1.807, 2.05) is 0 Å². The topological polar surface area (TPSA) is 29.1 Å². The van der Waals surface area contributed by atoms with E-state index in [1.165, 1.54) is 32.1 Å². The summed E-state index contributed by atoms with van der Waals surface area (Å²) < 4.78 is 0. The van der Waals surface area contributed by atoms with Crippen LogP contribution in [0.1, 0.15) is 71.6 Å². The molecule has 0 spiro atoms. The molecule has 0 aromatic rings. The Balaban J connectivity index is 2.30. The van der Waals surface area contributed by atoms with Gasteiger partial charge in [-0.15, -0.1) is 6.42 Å². The maximum absolute atomic E-state index is 12.2. The molecule has 1 atom stereocenters. The van der Waals surface area contributed by atoms with Gasteiger partial charge in [0.1, 0.15) is 0 Å². The van der Waals surface area contributed by atoms with Crippen molar-refractivity contribution in [1.82, 2.24) is 5.32 Å². The fourth-order valence-corrected chi connectivity index (χ4v) is 2.98. The Labute approximate surface area is 118 Å². The van der Waals surface area contributed by atoms with Crippen molar-refractivity contribution in [2.24, 2.45) is 11.8 Å². The summed E-state index contributed by atoms with van der Waals surface area (Å²) in [5.74, 6) is 3.91.